The van der Waals surface area contributed by atoms with E-state index in [1.54, 1.807) is 24.4 Å². The third-order valence-electron chi connectivity index (χ3n) is 2.21. The Bertz CT molecular complexity index is 563. The summed E-state index contributed by atoms with van der Waals surface area (Å²) in [6.45, 7) is 0. The Kier molecular flexibility index (Phi) is 3.73. The first-order valence-corrected chi connectivity index (χ1v) is 6.14. The molecular weight excluding hydrogens is 280 g/mol. The molecule has 0 spiro atoms. The van der Waals surface area contributed by atoms with Gasteiger partial charge in [0.2, 0.25) is 5.88 Å². The molecule has 0 fully saturated rings. The van der Waals surface area contributed by atoms with Gasteiger partial charge in [0.25, 0.3) is 0 Å². The SMILES string of the molecule is N#Cc1ccccc1Oc1ncccc1CBr. The molecular formula is C13H9BrN2O. The zero-order chi connectivity index (χ0) is 12.1. The summed E-state index contributed by atoms with van der Waals surface area (Å²) in [6.07, 6.45) is 1.66. The molecule has 1 heterocycles. The number of benzene rings is 1. The molecule has 0 saturated heterocycles. The summed E-state index contributed by atoms with van der Waals surface area (Å²) < 4.78 is 5.66. The Labute approximate surface area is 108 Å². The Morgan fingerprint density at radius 3 is 2.82 bits per heavy atom. The Morgan fingerprint density at radius 1 is 1.24 bits per heavy atom. The van der Waals surface area contributed by atoms with Crippen LogP contribution in [0.1, 0.15) is 11.1 Å². The lowest BCUT2D eigenvalue weighted by atomic mass is 10.2. The number of halogens is 1. The first-order valence-electron chi connectivity index (χ1n) is 5.02. The van der Waals surface area contributed by atoms with E-state index in [2.05, 4.69) is 27.0 Å². The molecule has 0 N–H and O–H groups in total. The number of pyridine rings is 1. The maximum Gasteiger partial charge on any atom is 0.223 e. The van der Waals surface area contributed by atoms with Crippen molar-refractivity contribution in [3.8, 4) is 17.7 Å². The monoisotopic (exact) mass is 288 g/mol. The zero-order valence-electron chi connectivity index (χ0n) is 8.93. The maximum absolute atomic E-state index is 8.96. The second-order valence-electron chi connectivity index (χ2n) is 3.31. The number of rotatable bonds is 3. The average Bonchev–Trinajstić information content (AvgIpc) is 2.40. The molecule has 0 aliphatic heterocycles. The molecule has 2 rings (SSSR count). The van der Waals surface area contributed by atoms with Crippen LogP contribution < -0.4 is 4.74 Å². The highest BCUT2D eigenvalue weighted by Gasteiger charge is 2.07. The molecule has 1 aromatic carbocycles. The highest BCUT2D eigenvalue weighted by molar-refractivity contribution is 9.08. The van der Waals surface area contributed by atoms with Gasteiger partial charge in [0.1, 0.15) is 11.8 Å². The minimum atomic E-state index is 0.499. The second-order valence-corrected chi connectivity index (χ2v) is 3.87. The summed E-state index contributed by atoms with van der Waals surface area (Å²) in [7, 11) is 0. The third-order valence-corrected chi connectivity index (χ3v) is 2.81. The van der Waals surface area contributed by atoms with Gasteiger partial charge in [0.15, 0.2) is 0 Å². The molecule has 0 saturated carbocycles. The molecule has 0 bridgehead atoms. The minimum Gasteiger partial charge on any atom is -0.437 e. The minimum absolute atomic E-state index is 0.499. The fraction of sp³-hybridized carbons (Fsp3) is 0.0769. The quantitative estimate of drug-likeness (QED) is 0.810. The molecule has 0 aliphatic carbocycles. The van der Waals surface area contributed by atoms with E-state index in [4.69, 9.17) is 10.00 Å². The van der Waals surface area contributed by atoms with Crippen LogP contribution in [0.5, 0.6) is 11.6 Å². The van der Waals surface area contributed by atoms with Crippen LogP contribution in [0, 0.1) is 11.3 Å². The van der Waals surface area contributed by atoms with E-state index in [1.807, 2.05) is 18.2 Å². The Balaban J connectivity index is 2.35. The number of hydrogen-bond donors (Lipinski definition) is 0. The number of nitrogens with zero attached hydrogens (tertiary/aromatic N) is 2. The van der Waals surface area contributed by atoms with Gasteiger partial charge in [-0.05, 0) is 18.2 Å². The predicted octanol–water partition coefficient (Wildman–Crippen LogP) is 3.64. The average molecular weight is 289 g/mol. The molecule has 0 amide bonds. The first-order chi connectivity index (χ1) is 8.35. The lowest BCUT2D eigenvalue weighted by molar-refractivity contribution is 0.457. The van der Waals surface area contributed by atoms with Gasteiger partial charge in [0, 0.05) is 17.1 Å². The molecule has 0 atom stereocenters. The number of aromatic nitrogens is 1. The molecule has 1 aromatic heterocycles. The number of nitriles is 1. The van der Waals surface area contributed by atoms with Gasteiger partial charge in [-0.15, -0.1) is 0 Å². The van der Waals surface area contributed by atoms with Crippen LogP contribution in [0.25, 0.3) is 0 Å². The van der Waals surface area contributed by atoms with Crippen LogP contribution in [-0.4, -0.2) is 4.98 Å². The molecule has 4 heteroatoms. The van der Waals surface area contributed by atoms with Crippen LogP contribution in [0.15, 0.2) is 42.6 Å². The van der Waals surface area contributed by atoms with Crippen molar-refractivity contribution >= 4 is 15.9 Å². The van der Waals surface area contributed by atoms with Crippen LogP contribution >= 0.6 is 15.9 Å². The van der Waals surface area contributed by atoms with Gasteiger partial charge in [-0.2, -0.15) is 5.26 Å². The Morgan fingerprint density at radius 2 is 2.06 bits per heavy atom. The number of ether oxygens (including phenoxy) is 1. The number of para-hydroxylation sites is 1. The third kappa shape index (κ3) is 2.63. The molecule has 2 aromatic rings. The first kappa shape index (κ1) is 11.6. The molecule has 17 heavy (non-hydrogen) atoms. The van der Waals surface area contributed by atoms with Gasteiger partial charge in [0.05, 0.1) is 5.56 Å². The smallest absolute Gasteiger partial charge is 0.223 e. The van der Waals surface area contributed by atoms with Crippen molar-refractivity contribution in [2.24, 2.45) is 0 Å². The van der Waals surface area contributed by atoms with Crippen molar-refractivity contribution in [2.75, 3.05) is 0 Å². The van der Waals surface area contributed by atoms with Crippen molar-refractivity contribution in [2.45, 2.75) is 5.33 Å². The highest BCUT2D eigenvalue weighted by atomic mass is 79.9. The van der Waals surface area contributed by atoms with E-state index in [1.165, 1.54) is 0 Å². The molecule has 0 aliphatic rings. The van der Waals surface area contributed by atoms with Crippen LogP contribution in [0.4, 0.5) is 0 Å². The van der Waals surface area contributed by atoms with Gasteiger partial charge >= 0.3 is 0 Å². The van der Waals surface area contributed by atoms with E-state index in [0.717, 1.165) is 5.56 Å². The van der Waals surface area contributed by atoms with Gasteiger partial charge in [-0.3, -0.25) is 0 Å². The molecule has 0 unspecified atom stereocenters. The van der Waals surface area contributed by atoms with Gasteiger partial charge < -0.3 is 4.74 Å². The summed E-state index contributed by atoms with van der Waals surface area (Å²) in [5, 5.41) is 9.62. The lowest BCUT2D eigenvalue weighted by Gasteiger charge is -2.08. The molecule has 3 nitrogen and oxygen atoms in total. The summed E-state index contributed by atoms with van der Waals surface area (Å²) in [6, 6.07) is 13.0. The summed E-state index contributed by atoms with van der Waals surface area (Å²) >= 11 is 3.37. The normalized spacial score (nSPS) is 9.65. The summed E-state index contributed by atoms with van der Waals surface area (Å²) in [5.74, 6) is 1.04. The van der Waals surface area contributed by atoms with Crippen molar-refractivity contribution in [3.63, 3.8) is 0 Å². The van der Waals surface area contributed by atoms with E-state index in [0.29, 0.717) is 22.5 Å². The molecule has 84 valence electrons. The fourth-order valence-electron chi connectivity index (χ4n) is 1.37. The van der Waals surface area contributed by atoms with Crippen molar-refractivity contribution in [1.82, 2.24) is 4.98 Å². The highest BCUT2D eigenvalue weighted by Crippen LogP contribution is 2.26. The van der Waals surface area contributed by atoms with Gasteiger partial charge in [-0.25, -0.2) is 4.98 Å². The summed E-state index contributed by atoms with van der Waals surface area (Å²) in [5.41, 5.74) is 1.44. The predicted molar refractivity (Wildman–Crippen MR) is 68.1 cm³/mol. The van der Waals surface area contributed by atoms with Crippen molar-refractivity contribution in [3.05, 3.63) is 53.7 Å². The van der Waals surface area contributed by atoms with Crippen molar-refractivity contribution < 1.29 is 4.74 Å². The largest absolute Gasteiger partial charge is 0.437 e. The van der Waals surface area contributed by atoms with Crippen LogP contribution in [-0.2, 0) is 5.33 Å². The number of hydrogen-bond acceptors (Lipinski definition) is 3. The fourth-order valence-corrected chi connectivity index (χ4v) is 1.80. The van der Waals surface area contributed by atoms with Gasteiger partial charge in [-0.1, -0.05) is 34.1 Å². The Hall–Kier alpha value is -1.86. The van der Waals surface area contributed by atoms with Crippen LogP contribution in [0.3, 0.4) is 0 Å². The topological polar surface area (TPSA) is 45.9 Å². The van der Waals surface area contributed by atoms with E-state index in [9.17, 15) is 0 Å². The molecule has 0 radical (unpaired) electrons. The second kappa shape index (κ2) is 5.46. The van der Waals surface area contributed by atoms with E-state index < -0.39 is 0 Å². The zero-order valence-corrected chi connectivity index (χ0v) is 10.5. The summed E-state index contributed by atoms with van der Waals surface area (Å²) in [4.78, 5) is 4.16. The maximum atomic E-state index is 8.96. The van der Waals surface area contributed by atoms with Crippen molar-refractivity contribution in [1.29, 1.82) is 5.26 Å². The van der Waals surface area contributed by atoms with E-state index in [-0.39, 0.29) is 0 Å². The van der Waals surface area contributed by atoms with Crippen LogP contribution in [0.2, 0.25) is 0 Å². The number of alkyl halides is 1. The lowest BCUT2D eigenvalue weighted by Crippen LogP contribution is -1.94. The standard InChI is InChI=1S/C13H9BrN2O/c14-8-10-5-3-7-16-13(10)17-12-6-2-1-4-11(12)9-15/h1-7H,8H2. The van der Waals surface area contributed by atoms with E-state index >= 15 is 0 Å².